The number of nitrogens with zero attached hydrogens (tertiary/aromatic N) is 1. The number of amides is 1. The molecule has 1 aromatic heterocycles. The van der Waals surface area contributed by atoms with E-state index in [1.807, 2.05) is 27.7 Å². The third kappa shape index (κ3) is 5.21. The lowest BCUT2D eigenvalue weighted by Crippen LogP contribution is -2.13. The molecule has 6 nitrogen and oxygen atoms in total. The van der Waals surface area contributed by atoms with E-state index in [2.05, 4.69) is 15.0 Å². The number of aromatic nitrogens is 1. The number of nitrogens with one attached hydrogen (secondary N) is 2. The van der Waals surface area contributed by atoms with Crippen LogP contribution in [0.3, 0.4) is 0 Å². The number of anilines is 2. The van der Waals surface area contributed by atoms with Gasteiger partial charge in [0.1, 0.15) is 4.88 Å². The van der Waals surface area contributed by atoms with Crippen LogP contribution in [0.1, 0.15) is 41.0 Å². The second kappa shape index (κ2) is 7.96. The van der Waals surface area contributed by atoms with Gasteiger partial charge < -0.3 is 5.32 Å². The molecule has 0 fully saturated rings. The standard InChI is InChI=1S/C21H23N3O3S2/c1-14-5-11-17(12-6-14)29(26,27)24-16-9-7-15(8-10-16)23-19(25)18-13-22-20(28-18)21(2,3)4/h5-13,24H,1-4H3,(H,23,25). The van der Waals surface area contributed by atoms with Gasteiger partial charge in [0.2, 0.25) is 0 Å². The van der Waals surface area contributed by atoms with Gasteiger partial charge >= 0.3 is 0 Å². The Labute approximate surface area is 175 Å². The summed E-state index contributed by atoms with van der Waals surface area (Å²) in [6.45, 7) is 8.03. The van der Waals surface area contributed by atoms with Crippen molar-refractivity contribution >= 4 is 38.6 Å². The molecule has 0 aliphatic rings. The molecule has 8 heteroatoms. The van der Waals surface area contributed by atoms with Crippen molar-refractivity contribution in [1.29, 1.82) is 0 Å². The predicted molar refractivity (Wildman–Crippen MR) is 117 cm³/mol. The van der Waals surface area contributed by atoms with Crippen molar-refractivity contribution in [3.63, 3.8) is 0 Å². The monoisotopic (exact) mass is 429 g/mol. The van der Waals surface area contributed by atoms with Crippen LogP contribution in [0, 0.1) is 6.92 Å². The number of aryl methyl sites for hydroxylation is 1. The number of carbonyl (C=O) groups is 1. The number of carbonyl (C=O) groups excluding carboxylic acids is 1. The van der Waals surface area contributed by atoms with E-state index in [1.165, 1.54) is 11.3 Å². The quantitative estimate of drug-likeness (QED) is 0.610. The molecule has 3 rings (SSSR count). The lowest BCUT2D eigenvalue weighted by molar-refractivity contribution is 0.103. The first-order chi connectivity index (χ1) is 13.5. The summed E-state index contributed by atoms with van der Waals surface area (Å²) in [5, 5.41) is 3.70. The van der Waals surface area contributed by atoms with E-state index in [9.17, 15) is 13.2 Å². The third-order valence-electron chi connectivity index (χ3n) is 4.10. The highest BCUT2D eigenvalue weighted by Gasteiger charge is 2.20. The maximum Gasteiger partial charge on any atom is 0.267 e. The van der Waals surface area contributed by atoms with Crippen LogP contribution >= 0.6 is 11.3 Å². The van der Waals surface area contributed by atoms with Crippen molar-refractivity contribution in [3.05, 3.63) is 70.2 Å². The van der Waals surface area contributed by atoms with Gasteiger partial charge in [0, 0.05) is 16.8 Å². The highest BCUT2D eigenvalue weighted by Crippen LogP contribution is 2.27. The zero-order valence-electron chi connectivity index (χ0n) is 16.7. The lowest BCUT2D eigenvalue weighted by Gasteiger charge is -2.13. The van der Waals surface area contributed by atoms with E-state index < -0.39 is 10.0 Å². The number of rotatable bonds is 5. The first kappa shape index (κ1) is 21.0. The van der Waals surface area contributed by atoms with Crippen LogP contribution in [0.2, 0.25) is 0 Å². The topological polar surface area (TPSA) is 88.2 Å². The zero-order chi connectivity index (χ0) is 21.2. The summed E-state index contributed by atoms with van der Waals surface area (Å²) in [6, 6.07) is 13.1. The Morgan fingerprint density at radius 2 is 1.55 bits per heavy atom. The van der Waals surface area contributed by atoms with Gasteiger partial charge in [-0.05, 0) is 43.3 Å². The van der Waals surface area contributed by atoms with Gasteiger partial charge in [0.15, 0.2) is 0 Å². The Morgan fingerprint density at radius 1 is 0.966 bits per heavy atom. The molecule has 152 valence electrons. The maximum absolute atomic E-state index is 12.5. The van der Waals surface area contributed by atoms with Crippen molar-refractivity contribution in [3.8, 4) is 0 Å². The number of sulfonamides is 1. The second-order valence-electron chi connectivity index (χ2n) is 7.73. The van der Waals surface area contributed by atoms with Crippen molar-refractivity contribution in [2.24, 2.45) is 0 Å². The first-order valence-corrected chi connectivity index (χ1v) is 11.3. The molecule has 2 aromatic carbocycles. The molecule has 1 amide bonds. The van der Waals surface area contributed by atoms with Gasteiger partial charge in [0.05, 0.1) is 16.1 Å². The molecule has 3 aromatic rings. The molecule has 0 bridgehead atoms. The van der Waals surface area contributed by atoms with Crippen molar-refractivity contribution in [1.82, 2.24) is 4.98 Å². The van der Waals surface area contributed by atoms with Crippen LogP contribution in [-0.2, 0) is 15.4 Å². The summed E-state index contributed by atoms with van der Waals surface area (Å²) in [5.41, 5.74) is 1.86. The average molecular weight is 430 g/mol. The Morgan fingerprint density at radius 3 is 2.10 bits per heavy atom. The van der Waals surface area contributed by atoms with E-state index >= 15 is 0 Å². The lowest BCUT2D eigenvalue weighted by atomic mass is 9.98. The summed E-state index contributed by atoms with van der Waals surface area (Å²) in [7, 11) is -3.66. The Kier molecular flexibility index (Phi) is 5.77. The minimum atomic E-state index is -3.66. The van der Waals surface area contributed by atoms with Gasteiger partial charge in [-0.1, -0.05) is 38.5 Å². The van der Waals surface area contributed by atoms with Crippen molar-refractivity contribution < 1.29 is 13.2 Å². The maximum atomic E-state index is 12.5. The highest BCUT2D eigenvalue weighted by molar-refractivity contribution is 7.92. The molecule has 29 heavy (non-hydrogen) atoms. The molecule has 1 heterocycles. The molecule has 0 spiro atoms. The summed E-state index contributed by atoms with van der Waals surface area (Å²) < 4.78 is 27.5. The highest BCUT2D eigenvalue weighted by atomic mass is 32.2. The molecule has 0 saturated heterocycles. The molecule has 0 aliphatic heterocycles. The van der Waals surface area contributed by atoms with Crippen LogP contribution in [0.5, 0.6) is 0 Å². The summed E-state index contributed by atoms with van der Waals surface area (Å²) in [5.74, 6) is -0.244. The summed E-state index contributed by atoms with van der Waals surface area (Å²) in [6.07, 6.45) is 1.57. The van der Waals surface area contributed by atoms with Gasteiger partial charge in [-0.25, -0.2) is 13.4 Å². The minimum absolute atomic E-state index is 0.112. The Hall–Kier alpha value is -2.71. The third-order valence-corrected chi connectivity index (χ3v) is 6.92. The van der Waals surface area contributed by atoms with Gasteiger partial charge in [0.25, 0.3) is 15.9 Å². The molecule has 0 atom stereocenters. The van der Waals surface area contributed by atoms with Gasteiger partial charge in [-0.3, -0.25) is 9.52 Å². The summed E-state index contributed by atoms with van der Waals surface area (Å²) in [4.78, 5) is 17.5. The van der Waals surface area contributed by atoms with Crippen LogP contribution in [0.15, 0.2) is 59.6 Å². The zero-order valence-corrected chi connectivity index (χ0v) is 18.3. The fraction of sp³-hybridized carbons (Fsp3) is 0.238. The predicted octanol–water partition coefficient (Wildman–Crippen LogP) is 4.80. The normalized spacial score (nSPS) is 11.9. The number of thiazole rings is 1. The second-order valence-corrected chi connectivity index (χ2v) is 10.4. The van der Waals surface area contributed by atoms with Crippen LogP contribution in [0.25, 0.3) is 0 Å². The van der Waals surface area contributed by atoms with E-state index in [-0.39, 0.29) is 16.2 Å². The van der Waals surface area contributed by atoms with E-state index in [0.29, 0.717) is 16.3 Å². The number of hydrogen-bond acceptors (Lipinski definition) is 5. The largest absolute Gasteiger partial charge is 0.321 e. The molecule has 0 aliphatic carbocycles. The molecule has 2 N–H and O–H groups in total. The van der Waals surface area contributed by atoms with E-state index in [4.69, 9.17) is 0 Å². The fourth-order valence-electron chi connectivity index (χ4n) is 2.47. The fourth-order valence-corrected chi connectivity index (χ4v) is 4.40. The first-order valence-electron chi connectivity index (χ1n) is 9.02. The Balaban J connectivity index is 1.68. The minimum Gasteiger partial charge on any atom is -0.321 e. The van der Waals surface area contributed by atoms with Crippen molar-refractivity contribution in [2.75, 3.05) is 10.0 Å². The SMILES string of the molecule is Cc1ccc(S(=O)(=O)Nc2ccc(NC(=O)c3cnc(C(C)(C)C)s3)cc2)cc1. The summed E-state index contributed by atoms with van der Waals surface area (Å²) >= 11 is 1.36. The molecule has 0 radical (unpaired) electrons. The van der Waals surface area contributed by atoms with Crippen LogP contribution in [-0.4, -0.2) is 19.3 Å². The van der Waals surface area contributed by atoms with Crippen LogP contribution in [0.4, 0.5) is 11.4 Å². The van der Waals surface area contributed by atoms with Gasteiger partial charge in [-0.15, -0.1) is 11.3 Å². The molecule has 0 unspecified atom stereocenters. The number of hydrogen-bond donors (Lipinski definition) is 2. The average Bonchev–Trinajstić information content (AvgIpc) is 3.14. The van der Waals surface area contributed by atoms with E-state index in [0.717, 1.165) is 10.6 Å². The molecule has 0 saturated carbocycles. The smallest absolute Gasteiger partial charge is 0.267 e. The van der Waals surface area contributed by atoms with Crippen molar-refractivity contribution in [2.45, 2.75) is 38.0 Å². The Bertz CT molecular complexity index is 1110. The van der Waals surface area contributed by atoms with Gasteiger partial charge in [-0.2, -0.15) is 0 Å². The molecular formula is C21H23N3O3S2. The number of benzene rings is 2. The van der Waals surface area contributed by atoms with Crippen LogP contribution < -0.4 is 10.0 Å². The molecular weight excluding hydrogens is 406 g/mol. The van der Waals surface area contributed by atoms with E-state index in [1.54, 1.807) is 54.7 Å².